The fraction of sp³-hybridized carbons (Fsp3) is 0.182. The van der Waals surface area contributed by atoms with E-state index in [-0.39, 0.29) is 5.76 Å². The van der Waals surface area contributed by atoms with Crippen LogP contribution in [-0.4, -0.2) is 11.1 Å². The van der Waals surface area contributed by atoms with Gasteiger partial charge >= 0.3 is 5.97 Å². The third-order valence-corrected chi connectivity index (χ3v) is 2.14. The van der Waals surface area contributed by atoms with E-state index < -0.39 is 5.97 Å². The summed E-state index contributed by atoms with van der Waals surface area (Å²) < 4.78 is 9.98. The lowest BCUT2D eigenvalue weighted by molar-refractivity contribution is 0.0660. The van der Waals surface area contributed by atoms with Crippen molar-refractivity contribution in [3.8, 4) is 0 Å². The quantitative estimate of drug-likeness (QED) is 0.805. The van der Waals surface area contributed by atoms with Crippen LogP contribution in [0.3, 0.4) is 0 Å². The average molecular weight is 221 g/mol. The van der Waals surface area contributed by atoms with Crippen molar-refractivity contribution in [2.24, 2.45) is 0 Å². The van der Waals surface area contributed by atoms with E-state index in [0.717, 1.165) is 5.76 Å². The van der Waals surface area contributed by atoms with Crippen LogP contribution in [0.5, 0.6) is 0 Å². The maximum atomic E-state index is 10.7. The van der Waals surface area contributed by atoms with Crippen molar-refractivity contribution in [3.63, 3.8) is 0 Å². The molecule has 2 rings (SSSR count). The SMILES string of the molecule is O=C(O)c1occc1CNCc1ccco1. The first-order valence-corrected chi connectivity index (χ1v) is 4.80. The molecule has 0 bridgehead atoms. The fourth-order valence-corrected chi connectivity index (χ4v) is 1.40. The zero-order valence-corrected chi connectivity index (χ0v) is 8.47. The van der Waals surface area contributed by atoms with Gasteiger partial charge in [-0.05, 0) is 18.2 Å². The van der Waals surface area contributed by atoms with Gasteiger partial charge in [0.05, 0.1) is 19.1 Å². The molecule has 5 nitrogen and oxygen atoms in total. The van der Waals surface area contributed by atoms with Gasteiger partial charge in [0.1, 0.15) is 5.76 Å². The van der Waals surface area contributed by atoms with Crippen LogP contribution in [0.25, 0.3) is 0 Å². The predicted molar refractivity (Wildman–Crippen MR) is 54.9 cm³/mol. The lowest BCUT2D eigenvalue weighted by atomic mass is 10.2. The summed E-state index contributed by atoms with van der Waals surface area (Å²) in [7, 11) is 0. The van der Waals surface area contributed by atoms with Crippen molar-refractivity contribution < 1.29 is 18.7 Å². The van der Waals surface area contributed by atoms with Crippen LogP contribution in [0.1, 0.15) is 21.9 Å². The third-order valence-electron chi connectivity index (χ3n) is 2.14. The van der Waals surface area contributed by atoms with E-state index in [0.29, 0.717) is 18.7 Å². The van der Waals surface area contributed by atoms with Crippen molar-refractivity contribution in [2.75, 3.05) is 0 Å². The first-order chi connectivity index (χ1) is 7.77. The first-order valence-electron chi connectivity index (χ1n) is 4.80. The average Bonchev–Trinajstić information content (AvgIpc) is 2.87. The number of aromatic carboxylic acids is 1. The molecule has 16 heavy (non-hydrogen) atoms. The molecule has 2 aromatic heterocycles. The molecule has 2 heterocycles. The highest BCUT2D eigenvalue weighted by Crippen LogP contribution is 2.10. The first kappa shape index (κ1) is 10.5. The molecule has 0 amide bonds. The topological polar surface area (TPSA) is 75.6 Å². The number of carbonyl (C=O) groups is 1. The molecule has 0 aliphatic rings. The minimum atomic E-state index is -1.06. The number of carboxylic acids is 1. The van der Waals surface area contributed by atoms with Crippen LogP contribution in [0, 0.1) is 0 Å². The summed E-state index contributed by atoms with van der Waals surface area (Å²) in [6.45, 7) is 0.982. The Morgan fingerprint density at radius 3 is 2.81 bits per heavy atom. The number of nitrogens with one attached hydrogen (secondary N) is 1. The summed E-state index contributed by atoms with van der Waals surface area (Å²) in [4.78, 5) is 10.7. The lowest BCUT2D eigenvalue weighted by Gasteiger charge is -2.01. The maximum Gasteiger partial charge on any atom is 0.372 e. The van der Waals surface area contributed by atoms with Gasteiger partial charge in [-0.25, -0.2) is 4.79 Å². The fourth-order valence-electron chi connectivity index (χ4n) is 1.40. The van der Waals surface area contributed by atoms with Crippen LogP contribution in [0.4, 0.5) is 0 Å². The van der Waals surface area contributed by atoms with E-state index in [1.807, 2.05) is 6.07 Å². The molecule has 0 saturated heterocycles. The van der Waals surface area contributed by atoms with Gasteiger partial charge < -0.3 is 19.3 Å². The van der Waals surface area contributed by atoms with Crippen molar-refractivity contribution in [1.29, 1.82) is 0 Å². The molecule has 0 saturated carbocycles. The molecule has 0 aliphatic heterocycles. The van der Waals surface area contributed by atoms with Gasteiger partial charge in [0.25, 0.3) is 0 Å². The number of rotatable bonds is 5. The molecule has 0 aromatic carbocycles. The van der Waals surface area contributed by atoms with Crippen LogP contribution in [0.15, 0.2) is 39.6 Å². The summed E-state index contributed by atoms with van der Waals surface area (Å²) in [5, 5.41) is 11.9. The summed E-state index contributed by atoms with van der Waals surface area (Å²) >= 11 is 0. The Balaban J connectivity index is 1.90. The molecule has 5 heteroatoms. The van der Waals surface area contributed by atoms with Gasteiger partial charge in [0, 0.05) is 12.1 Å². The Morgan fingerprint density at radius 2 is 2.12 bits per heavy atom. The molecule has 2 aromatic rings. The molecule has 0 atom stereocenters. The normalized spacial score (nSPS) is 10.5. The van der Waals surface area contributed by atoms with E-state index in [1.165, 1.54) is 6.26 Å². The number of hydrogen-bond acceptors (Lipinski definition) is 4. The molecule has 0 spiro atoms. The Labute approximate surface area is 91.7 Å². The summed E-state index contributed by atoms with van der Waals surface area (Å²) in [5.41, 5.74) is 0.624. The highest BCUT2D eigenvalue weighted by atomic mass is 16.4. The Hall–Kier alpha value is -2.01. The van der Waals surface area contributed by atoms with Crippen molar-refractivity contribution >= 4 is 5.97 Å². The highest BCUT2D eigenvalue weighted by Gasteiger charge is 2.13. The minimum absolute atomic E-state index is 0.0213. The maximum absolute atomic E-state index is 10.7. The smallest absolute Gasteiger partial charge is 0.372 e. The van der Waals surface area contributed by atoms with Crippen molar-refractivity contribution in [1.82, 2.24) is 5.32 Å². The van der Waals surface area contributed by atoms with Crippen molar-refractivity contribution in [2.45, 2.75) is 13.1 Å². The molecule has 2 N–H and O–H groups in total. The second-order valence-corrected chi connectivity index (χ2v) is 3.26. The zero-order chi connectivity index (χ0) is 11.4. The standard InChI is InChI=1S/C11H11NO4/c13-11(14)10-8(3-5-16-10)6-12-7-9-2-1-4-15-9/h1-5,12H,6-7H2,(H,13,14). The van der Waals surface area contributed by atoms with Gasteiger partial charge in [0.15, 0.2) is 0 Å². The van der Waals surface area contributed by atoms with Crippen LogP contribution in [-0.2, 0) is 13.1 Å². The highest BCUT2D eigenvalue weighted by molar-refractivity contribution is 5.86. The van der Waals surface area contributed by atoms with E-state index in [9.17, 15) is 4.79 Å². The molecule has 0 radical (unpaired) electrons. The van der Waals surface area contributed by atoms with Gasteiger partial charge in [-0.1, -0.05) is 0 Å². The minimum Gasteiger partial charge on any atom is -0.475 e. The summed E-state index contributed by atoms with van der Waals surface area (Å²) in [6, 6.07) is 5.29. The number of carboxylic acid groups (broad SMARTS) is 1. The summed E-state index contributed by atoms with van der Waals surface area (Å²) in [5.74, 6) is -0.271. The number of hydrogen-bond donors (Lipinski definition) is 2. The summed E-state index contributed by atoms with van der Waals surface area (Å²) in [6.07, 6.45) is 2.96. The molecule has 0 unspecified atom stereocenters. The van der Waals surface area contributed by atoms with Gasteiger partial charge in [0.2, 0.25) is 5.76 Å². The Kier molecular flexibility index (Phi) is 3.07. The third kappa shape index (κ3) is 2.32. The number of furan rings is 2. The van der Waals surface area contributed by atoms with Crippen LogP contribution in [0.2, 0.25) is 0 Å². The van der Waals surface area contributed by atoms with Crippen molar-refractivity contribution in [3.05, 3.63) is 47.8 Å². The van der Waals surface area contributed by atoms with Gasteiger partial charge in [-0.3, -0.25) is 0 Å². The molecular weight excluding hydrogens is 210 g/mol. The monoisotopic (exact) mass is 221 g/mol. The van der Waals surface area contributed by atoms with Crippen LogP contribution < -0.4 is 5.32 Å². The Morgan fingerprint density at radius 1 is 1.25 bits per heavy atom. The second-order valence-electron chi connectivity index (χ2n) is 3.26. The van der Waals surface area contributed by atoms with Gasteiger partial charge in [-0.15, -0.1) is 0 Å². The largest absolute Gasteiger partial charge is 0.475 e. The second kappa shape index (κ2) is 4.67. The van der Waals surface area contributed by atoms with E-state index in [2.05, 4.69) is 5.32 Å². The molecular formula is C11H11NO4. The van der Waals surface area contributed by atoms with E-state index >= 15 is 0 Å². The van der Waals surface area contributed by atoms with E-state index in [1.54, 1.807) is 18.4 Å². The Bertz CT molecular complexity index is 458. The molecule has 84 valence electrons. The zero-order valence-electron chi connectivity index (χ0n) is 8.47. The molecule has 0 fully saturated rings. The molecule has 0 aliphatic carbocycles. The van der Waals surface area contributed by atoms with Crippen LogP contribution >= 0.6 is 0 Å². The van der Waals surface area contributed by atoms with Gasteiger partial charge in [-0.2, -0.15) is 0 Å². The predicted octanol–water partition coefficient (Wildman–Crippen LogP) is 1.86. The lowest BCUT2D eigenvalue weighted by Crippen LogP contribution is -2.13. The van der Waals surface area contributed by atoms with E-state index in [4.69, 9.17) is 13.9 Å².